The summed E-state index contributed by atoms with van der Waals surface area (Å²) in [4.78, 5) is 4.55. The van der Waals surface area contributed by atoms with Crippen LogP contribution in [-0.4, -0.2) is 30.9 Å². The molecule has 0 aliphatic heterocycles. The molecular weight excluding hydrogens is 240 g/mol. The van der Waals surface area contributed by atoms with Gasteiger partial charge in [0.1, 0.15) is 5.65 Å². The first-order valence-electron chi connectivity index (χ1n) is 6.28. The molecule has 0 aromatic carbocycles. The van der Waals surface area contributed by atoms with Crippen LogP contribution in [0.1, 0.15) is 17.0 Å². The quantitative estimate of drug-likeness (QED) is 0.748. The maximum atomic E-state index is 5.49. The van der Waals surface area contributed by atoms with Gasteiger partial charge < -0.3 is 10.1 Å². The van der Waals surface area contributed by atoms with E-state index in [4.69, 9.17) is 5.73 Å². The number of pyridine rings is 1. The molecule has 3 rings (SSSR count). The molecule has 3 aromatic rings. The van der Waals surface area contributed by atoms with Crippen molar-refractivity contribution < 1.29 is 0 Å². The Morgan fingerprint density at radius 2 is 2.05 bits per heavy atom. The van der Waals surface area contributed by atoms with Crippen LogP contribution in [0.3, 0.4) is 0 Å². The predicted octanol–water partition coefficient (Wildman–Crippen LogP) is 0.784. The van der Waals surface area contributed by atoms with Crippen molar-refractivity contribution in [1.29, 1.82) is 0 Å². The third-order valence-corrected chi connectivity index (χ3v) is 2.96. The number of aromatic nitrogens is 5. The van der Waals surface area contributed by atoms with Gasteiger partial charge in [0.15, 0.2) is 0 Å². The Morgan fingerprint density at radius 3 is 2.89 bits per heavy atom. The lowest BCUT2D eigenvalue weighted by molar-refractivity contribution is 0.640. The van der Waals surface area contributed by atoms with E-state index in [0.717, 1.165) is 23.5 Å². The van der Waals surface area contributed by atoms with Crippen LogP contribution >= 0.6 is 0 Å². The van der Waals surface area contributed by atoms with Gasteiger partial charge in [-0.15, -0.1) is 5.10 Å². The highest BCUT2D eigenvalue weighted by atomic mass is 15.4. The molecule has 0 bridgehead atoms. The number of aryl methyl sites for hydroxylation is 1. The third kappa shape index (κ3) is 2.48. The smallest absolute Gasteiger partial charge is 0.137 e. The molecule has 3 heterocycles. The SMILES string of the molecule is Cc1ccc2nc(Cn3cc(CCN)nn3)cn2c1. The van der Waals surface area contributed by atoms with Gasteiger partial charge in [0, 0.05) is 25.0 Å². The summed E-state index contributed by atoms with van der Waals surface area (Å²) in [7, 11) is 0. The van der Waals surface area contributed by atoms with Crippen LogP contribution in [0.25, 0.3) is 5.65 Å². The number of nitrogens with two attached hydrogens (primary N) is 1. The van der Waals surface area contributed by atoms with E-state index in [-0.39, 0.29) is 0 Å². The van der Waals surface area contributed by atoms with E-state index in [1.54, 1.807) is 4.68 Å². The van der Waals surface area contributed by atoms with Crippen molar-refractivity contribution in [2.45, 2.75) is 19.9 Å². The zero-order valence-electron chi connectivity index (χ0n) is 10.8. The molecule has 0 saturated heterocycles. The van der Waals surface area contributed by atoms with E-state index in [0.29, 0.717) is 13.1 Å². The van der Waals surface area contributed by atoms with E-state index >= 15 is 0 Å². The van der Waals surface area contributed by atoms with E-state index < -0.39 is 0 Å². The molecule has 0 amide bonds. The van der Waals surface area contributed by atoms with E-state index in [2.05, 4.69) is 34.5 Å². The van der Waals surface area contributed by atoms with Crippen molar-refractivity contribution in [1.82, 2.24) is 24.4 Å². The molecule has 6 heteroatoms. The van der Waals surface area contributed by atoms with Crippen LogP contribution < -0.4 is 5.73 Å². The van der Waals surface area contributed by atoms with Gasteiger partial charge in [0.05, 0.1) is 17.9 Å². The molecule has 19 heavy (non-hydrogen) atoms. The van der Waals surface area contributed by atoms with E-state index in [1.165, 1.54) is 5.56 Å². The Hall–Kier alpha value is -2.21. The zero-order chi connectivity index (χ0) is 13.2. The van der Waals surface area contributed by atoms with Gasteiger partial charge in [-0.1, -0.05) is 11.3 Å². The molecule has 3 aromatic heterocycles. The van der Waals surface area contributed by atoms with E-state index in [1.807, 2.05) is 22.9 Å². The van der Waals surface area contributed by atoms with Crippen LogP contribution in [0.15, 0.2) is 30.7 Å². The summed E-state index contributed by atoms with van der Waals surface area (Å²) < 4.78 is 3.82. The summed E-state index contributed by atoms with van der Waals surface area (Å²) in [5, 5.41) is 8.15. The van der Waals surface area contributed by atoms with Crippen LogP contribution in [0, 0.1) is 6.92 Å². The van der Waals surface area contributed by atoms with Crippen LogP contribution in [-0.2, 0) is 13.0 Å². The van der Waals surface area contributed by atoms with Crippen molar-refractivity contribution >= 4 is 5.65 Å². The fourth-order valence-corrected chi connectivity index (χ4v) is 2.08. The number of hydrogen-bond acceptors (Lipinski definition) is 4. The normalized spacial score (nSPS) is 11.3. The summed E-state index contributed by atoms with van der Waals surface area (Å²) in [5.41, 5.74) is 9.54. The molecule has 0 radical (unpaired) electrons. The second-order valence-corrected chi connectivity index (χ2v) is 4.65. The van der Waals surface area contributed by atoms with Gasteiger partial charge in [-0.05, 0) is 25.1 Å². The summed E-state index contributed by atoms with van der Waals surface area (Å²) in [6.07, 6.45) is 6.76. The summed E-state index contributed by atoms with van der Waals surface area (Å²) in [5.74, 6) is 0. The molecule has 0 fully saturated rings. The molecule has 0 atom stereocenters. The molecule has 98 valence electrons. The summed E-state index contributed by atoms with van der Waals surface area (Å²) in [6, 6.07) is 4.07. The fraction of sp³-hybridized carbons (Fsp3) is 0.308. The molecule has 2 N–H and O–H groups in total. The van der Waals surface area contributed by atoms with Crippen molar-refractivity contribution in [2.24, 2.45) is 5.73 Å². The second-order valence-electron chi connectivity index (χ2n) is 4.65. The van der Waals surface area contributed by atoms with Gasteiger partial charge in [0.25, 0.3) is 0 Å². The Kier molecular flexibility index (Phi) is 3.00. The predicted molar refractivity (Wildman–Crippen MR) is 71.8 cm³/mol. The standard InChI is InChI=1S/C13H16N6/c1-10-2-3-13-15-12(7-18(13)6-10)9-19-8-11(4-5-14)16-17-19/h2-3,6-8H,4-5,9,14H2,1H3. The molecule has 0 aliphatic carbocycles. The lowest BCUT2D eigenvalue weighted by Gasteiger charge is -1.94. The third-order valence-electron chi connectivity index (χ3n) is 2.96. The zero-order valence-corrected chi connectivity index (χ0v) is 10.8. The summed E-state index contributed by atoms with van der Waals surface area (Å²) >= 11 is 0. The number of hydrogen-bond donors (Lipinski definition) is 1. The number of fused-ring (bicyclic) bond motifs is 1. The van der Waals surface area contributed by atoms with Crippen molar-refractivity contribution in [3.63, 3.8) is 0 Å². The monoisotopic (exact) mass is 256 g/mol. The first kappa shape index (κ1) is 11.9. The minimum Gasteiger partial charge on any atom is -0.330 e. The minimum absolute atomic E-state index is 0.590. The number of imidazole rings is 1. The van der Waals surface area contributed by atoms with Crippen LogP contribution in [0.5, 0.6) is 0 Å². The topological polar surface area (TPSA) is 74.0 Å². The van der Waals surface area contributed by atoms with Crippen LogP contribution in [0.2, 0.25) is 0 Å². The number of nitrogens with zero attached hydrogens (tertiary/aromatic N) is 5. The second kappa shape index (κ2) is 4.81. The molecular formula is C13H16N6. The molecule has 0 aliphatic rings. The summed E-state index contributed by atoms with van der Waals surface area (Å²) in [6.45, 7) is 3.28. The Balaban J connectivity index is 1.83. The lowest BCUT2D eigenvalue weighted by atomic mass is 10.3. The van der Waals surface area contributed by atoms with Crippen molar-refractivity contribution in [3.8, 4) is 0 Å². The highest BCUT2D eigenvalue weighted by molar-refractivity contribution is 5.41. The fourth-order valence-electron chi connectivity index (χ4n) is 2.08. The van der Waals surface area contributed by atoms with Gasteiger partial charge >= 0.3 is 0 Å². The van der Waals surface area contributed by atoms with Gasteiger partial charge in [-0.25, -0.2) is 9.67 Å². The molecule has 0 unspecified atom stereocenters. The first-order chi connectivity index (χ1) is 9.24. The van der Waals surface area contributed by atoms with Crippen molar-refractivity contribution in [3.05, 3.63) is 47.7 Å². The Bertz CT molecular complexity index is 696. The largest absolute Gasteiger partial charge is 0.330 e. The Morgan fingerprint density at radius 1 is 1.16 bits per heavy atom. The lowest BCUT2D eigenvalue weighted by Crippen LogP contribution is -2.03. The minimum atomic E-state index is 0.590. The first-order valence-corrected chi connectivity index (χ1v) is 6.28. The van der Waals surface area contributed by atoms with E-state index in [9.17, 15) is 0 Å². The molecule has 6 nitrogen and oxygen atoms in total. The van der Waals surface area contributed by atoms with Gasteiger partial charge in [0.2, 0.25) is 0 Å². The van der Waals surface area contributed by atoms with Gasteiger partial charge in [-0.3, -0.25) is 0 Å². The maximum Gasteiger partial charge on any atom is 0.137 e. The van der Waals surface area contributed by atoms with Gasteiger partial charge in [-0.2, -0.15) is 0 Å². The number of rotatable bonds is 4. The average Bonchev–Trinajstić information content (AvgIpc) is 2.96. The maximum absolute atomic E-state index is 5.49. The van der Waals surface area contributed by atoms with Crippen molar-refractivity contribution in [2.75, 3.05) is 6.54 Å². The van der Waals surface area contributed by atoms with Crippen LogP contribution in [0.4, 0.5) is 0 Å². The highest BCUT2D eigenvalue weighted by Gasteiger charge is 2.05. The molecule has 0 spiro atoms. The Labute approximate surface area is 110 Å². The molecule has 0 saturated carbocycles. The average molecular weight is 256 g/mol. The highest BCUT2D eigenvalue weighted by Crippen LogP contribution is 2.08.